The molecule has 0 aromatic heterocycles. The second-order valence-corrected chi connectivity index (χ2v) is 14.0. The third-order valence-corrected chi connectivity index (χ3v) is 10.6. The van der Waals surface area contributed by atoms with Crippen LogP contribution in [0.3, 0.4) is 0 Å². The van der Waals surface area contributed by atoms with E-state index in [1.54, 1.807) is 0 Å². The van der Waals surface area contributed by atoms with Gasteiger partial charge in [-0.1, -0.05) is 58.0 Å². The van der Waals surface area contributed by atoms with Crippen LogP contribution in [0, 0.1) is 0 Å². The van der Waals surface area contributed by atoms with Gasteiger partial charge in [-0.15, -0.1) is 0 Å². The topological polar surface area (TPSA) is 57.3 Å². The molecule has 1 aromatic rings. The van der Waals surface area contributed by atoms with Crippen molar-refractivity contribution in [2.75, 3.05) is 13.2 Å². The summed E-state index contributed by atoms with van der Waals surface area (Å²) in [6.07, 6.45) is 0.809. The molecule has 1 aliphatic rings. The largest absolute Gasteiger partial charge is 0.464 e. The minimum atomic E-state index is -2.12. The molecule has 2 rings (SSSR count). The molecule has 1 aromatic carbocycles. The fourth-order valence-electron chi connectivity index (χ4n) is 3.27. The molecule has 0 saturated carbocycles. The Kier molecular flexibility index (Phi) is 8.07. The molecule has 1 saturated heterocycles. The van der Waals surface area contributed by atoms with E-state index < -0.39 is 13.9 Å². The van der Waals surface area contributed by atoms with Gasteiger partial charge in [-0.2, -0.15) is 0 Å². The number of hydrogen-bond acceptors (Lipinski definition) is 5. The van der Waals surface area contributed by atoms with Crippen LogP contribution >= 0.6 is 0 Å². The lowest BCUT2D eigenvalue weighted by atomic mass is 9.94. The minimum Gasteiger partial charge on any atom is -0.464 e. The van der Waals surface area contributed by atoms with Gasteiger partial charge in [0.05, 0.1) is 19.3 Å². The van der Waals surface area contributed by atoms with Crippen molar-refractivity contribution in [1.29, 1.82) is 0 Å². The van der Waals surface area contributed by atoms with E-state index in [4.69, 9.17) is 18.6 Å². The lowest BCUT2D eigenvalue weighted by Crippen LogP contribution is -2.52. The first-order valence-corrected chi connectivity index (χ1v) is 13.6. The van der Waals surface area contributed by atoms with E-state index in [0.717, 1.165) is 12.0 Å². The summed E-state index contributed by atoms with van der Waals surface area (Å²) in [6, 6.07) is 10.1. The van der Waals surface area contributed by atoms with Crippen LogP contribution in [0.15, 0.2) is 30.3 Å². The number of rotatable bonds is 11. The Morgan fingerprint density at radius 1 is 1.21 bits per heavy atom. The van der Waals surface area contributed by atoms with Crippen LogP contribution in [0.2, 0.25) is 18.1 Å². The molecule has 0 spiro atoms. The normalized spacial score (nSPS) is 22.9. The fourth-order valence-corrected chi connectivity index (χ4v) is 4.63. The number of carbonyl (C=O) groups is 1. The Morgan fingerprint density at radius 2 is 1.86 bits per heavy atom. The van der Waals surface area contributed by atoms with Crippen LogP contribution < -0.4 is 0 Å². The van der Waals surface area contributed by atoms with E-state index in [0.29, 0.717) is 26.2 Å². The molecule has 0 radical (unpaired) electrons. The van der Waals surface area contributed by atoms with E-state index >= 15 is 0 Å². The zero-order valence-electron chi connectivity index (χ0n) is 19.1. The summed E-state index contributed by atoms with van der Waals surface area (Å²) in [5.74, 6) is -0.307. The maximum absolute atomic E-state index is 12.9. The third-order valence-electron chi connectivity index (χ3n) is 6.08. The first-order valence-electron chi connectivity index (χ1n) is 10.7. The number of hydrogen-bond donors (Lipinski definition) is 0. The second-order valence-electron chi connectivity index (χ2n) is 9.22. The van der Waals surface area contributed by atoms with E-state index in [9.17, 15) is 4.79 Å². The highest BCUT2D eigenvalue weighted by Gasteiger charge is 2.68. The Labute approximate surface area is 177 Å². The third kappa shape index (κ3) is 5.69. The summed E-state index contributed by atoms with van der Waals surface area (Å²) in [5.41, 5.74) is 0.125. The summed E-state index contributed by atoms with van der Waals surface area (Å²) >= 11 is 0. The zero-order valence-corrected chi connectivity index (χ0v) is 20.1. The number of ether oxygens (including phenoxy) is 3. The Bertz CT molecular complexity index is 655. The van der Waals surface area contributed by atoms with Gasteiger partial charge in [0, 0.05) is 6.61 Å². The number of epoxide rings is 1. The quantitative estimate of drug-likeness (QED) is 0.215. The van der Waals surface area contributed by atoms with Gasteiger partial charge in [-0.05, 0) is 43.5 Å². The summed E-state index contributed by atoms with van der Waals surface area (Å²) in [4.78, 5) is 12.9. The van der Waals surface area contributed by atoms with E-state index in [1.807, 2.05) is 44.2 Å². The van der Waals surface area contributed by atoms with Gasteiger partial charge in [0.1, 0.15) is 6.10 Å². The first kappa shape index (κ1) is 24.1. The smallest absolute Gasteiger partial charge is 0.343 e. The van der Waals surface area contributed by atoms with Crippen LogP contribution in [0.5, 0.6) is 0 Å². The number of esters is 1. The van der Waals surface area contributed by atoms with Gasteiger partial charge in [0.2, 0.25) is 5.60 Å². The van der Waals surface area contributed by atoms with Gasteiger partial charge in [0.25, 0.3) is 0 Å². The van der Waals surface area contributed by atoms with Gasteiger partial charge < -0.3 is 18.6 Å². The predicted molar refractivity (Wildman–Crippen MR) is 117 cm³/mol. The van der Waals surface area contributed by atoms with Crippen molar-refractivity contribution in [3.63, 3.8) is 0 Å². The Morgan fingerprint density at radius 3 is 2.38 bits per heavy atom. The molecule has 0 unspecified atom stereocenters. The van der Waals surface area contributed by atoms with Crippen molar-refractivity contribution in [1.82, 2.24) is 0 Å². The lowest BCUT2D eigenvalue weighted by molar-refractivity contribution is -0.154. The molecular weight excluding hydrogens is 384 g/mol. The highest BCUT2D eigenvalue weighted by molar-refractivity contribution is 6.74. The molecular formula is C23H38O5Si. The molecule has 1 aliphatic heterocycles. The molecule has 6 heteroatoms. The van der Waals surface area contributed by atoms with Crippen LogP contribution in [0.4, 0.5) is 0 Å². The van der Waals surface area contributed by atoms with E-state index in [1.165, 1.54) is 0 Å². The first-order chi connectivity index (χ1) is 13.6. The van der Waals surface area contributed by atoms with Crippen molar-refractivity contribution < 1.29 is 23.4 Å². The maximum Gasteiger partial charge on any atom is 0.343 e. The molecule has 5 nitrogen and oxygen atoms in total. The van der Waals surface area contributed by atoms with Gasteiger partial charge in [-0.3, -0.25) is 0 Å². The Hall–Kier alpha value is -1.21. The monoisotopic (exact) mass is 422 g/mol. The molecule has 3 atom stereocenters. The molecule has 1 heterocycles. The Balaban J connectivity index is 2.13. The maximum atomic E-state index is 12.9. The summed E-state index contributed by atoms with van der Waals surface area (Å²) in [5, 5.41) is 0.0304. The minimum absolute atomic E-state index is 0.0304. The van der Waals surface area contributed by atoms with Crippen LogP contribution in [0.1, 0.15) is 53.0 Å². The number of benzene rings is 1. The molecule has 1 fully saturated rings. The predicted octanol–water partition coefficient (Wildman–Crippen LogP) is 5.09. The van der Waals surface area contributed by atoms with Gasteiger partial charge >= 0.3 is 5.97 Å². The molecule has 0 N–H and O–H groups in total. The van der Waals surface area contributed by atoms with Gasteiger partial charge in [0.15, 0.2) is 8.32 Å². The highest BCUT2D eigenvalue weighted by Crippen LogP contribution is 2.48. The molecule has 0 amide bonds. The highest BCUT2D eigenvalue weighted by atomic mass is 28.4. The van der Waals surface area contributed by atoms with Crippen LogP contribution in [0.25, 0.3) is 0 Å². The SMILES string of the molecule is CCOC(=O)[C@@]1([C@@H](CCOCc2ccccc2)O[Si](C)(C)C(C)(C)C)O[C@H]1CC. The molecule has 0 bridgehead atoms. The lowest BCUT2D eigenvalue weighted by Gasteiger charge is -2.40. The van der Waals surface area contributed by atoms with Crippen molar-refractivity contribution in [2.24, 2.45) is 0 Å². The fraction of sp³-hybridized carbons (Fsp3) is 0.696. The zero-order chi connectivity index (χ0) is 21.7. The van der Waals surface area contributed by atoms with E-state index in [-0.39, 0.29) is 23.2 Å². The number of carbonyl (C=O) groups excluding carboxylic acids is 1. The van der Waals surface area contributed by atoms with Crippen molar-refractivity contribution in [2.45, 2.75) is 90.0 Å². The molecule has 0 aliphatic carbocycles. The average molecular weight is 423 g/mol. The van der Waals surface area contributed by atoms with Crippen LogP contribution in [-0.2, 0) is 30.0 Å². The molecule has 29 heavy (non-hydrogen) atoms. The summed E-state index contributed by atoms with van der Waals surface area (Å²) in [6.45, 7) is 16.2. The van der Waals surface area contributed by atoms with E-state index in [2.05, 4.69) is 33.9 Å². The van der Waals surface area contributed by atoms with Crippen molar-refractivity contribution in [3.05, 3.63) is 35.9 Å². The summed E-state index contributed by atoms with van der Waals surface area (Å²) in [7, 11) is -2.12. The van der Waals surface area contributed by atoms with Crippen molar-refractivity contribution in [3.8, 4) is 0 Å². The standard InChI is InChI=1S/C23H38O5Si/c1-8-19-23(27-19,21(24)26-9-2)20(28-29(6,7)22(3,4)5)15-16-25-17-18-13-11-10-12-14-18/h10-14,19-20H,8-9,15-17H2,1-7H3/t19-,20+,23+/m0/s1. The average Bonchev–Trinajstić information content (AvgIpc) is 3.40. The van der Waals surface area contributed by atoms with Crippen molar-refractivity contribution >= 4 is 14.3 Å². The van der Waals surface area contributed by atoms with Crippen LogP contribution in [-0.4, -0.2) is 45.3 Å². The molecule has 164 valence electrons. The van der Waals surface area contributed by atoms with Gasteiger partial charge in [-0.25, -0.2) is 4.79 Å². The second kappa shape index (κ2) is 9.73. The summed E-state index contributed by atoms with van der Waals surface area (Å²) < 4.78 is 24.0.